The molecule has 4 heterocycles. The quantitative estimate of drug-likeness (QED) is 0.219. The molecule has 3 nitrogen and oxygen atoms in total. The molecule has 0 saturated carbocycles. The Morgan fingerprint density at radius 2 is 1.07 bits per heavy atom. The second-order valence-electron chi connectivity index (χ2n) is 6.32. The van der Waals surface area contributed by atoms with Crippen molar-refractivity contribution in [1.82, 2.24) is 0 Å². The van der Waals surface area contributed by atoms with Gasteiger partial charge in [0.2, 0.25) is 0 Å². The Morgan fingerprint density at radius 1 is 0.600 bits per heavy atom. The van der Waals surface area contributed by atoms with Crippen LogP contribution in [0.3, 0.4) is 0 Å². The third-order valence-corrected chi connectivity index (χ3v) is 12.7. The molecule has 0 unspecified atom stereocenters. The van der Waals surface area contributed by atoms with Gasteiger partial charge in [0.15, 0.2) is 0 Å². The molecular formula is C22H24O3S4Si. The Morgan fingerprint density at radius 3 is 1.53 bits per heavy atom. The highest BCUT2D eigenvalue weighted by Gasteiger charge is 2.44. The standard InChI is InChI=1S/C22H24O3S4Si/c1-4-23-30(24-5-2,25-6-3)22-14-13-21(29-22)20-12-11-19(28-20)18-10-9-17(27-18)16-8-7-15-26-16/h7-15H,4-6H2,1-3H3. The lowest BCUT2D eigenvalue weighted by atomic mass is 10.3. The van der Waals surface area contributed by atoms with Crippen LogP contribution < -0.4 is 4.50 Å². The van der Waals surface area contributed by atoms with Crippen molar-refractivity contribution in [2.24, 2.45) is 0 Å². The third kappa shape index (κ3) is 4.56. The molecular weight excluding hydrogens is 469 g/mol. The highest BCUT2D eigenvalue weighted by Crippen LogP contribution is 2.42. The van der Waals surface area contributed by atoms with Crippen LogP contribution in [0.4, 0.5) is 0 Å². The van der Waals surface area contributed by atoms with Gasteiger partial charge in [-0.05, 0) is 68.6 Å². The van der Waals surface area contributed by atoms with Crippen molar-refractivity contribution in [2.45, 2.75) is 20.8 Å². The topological polar surface area (TPSA) is 27.7 Å². The van der Waals surface area contributed by atoms with E-state index in [1.807, 2.05) is 43.4 Å². The number of hydrogen-bond acceptors (Lipinski definition) is 7. The summed E-state index contributed by atoms with van der Waals surface area (Å²) in [4.78, 5) is 7.76. The van der Waals surface area contributed by atoms with Crippen molar-refractivity contribution in [1.29, 1.82) is 0 Å². The van der Waals surface area contributed by atoms with E-state index in [4.69, 9.17) is 13.3 Å². The normalized spacial score (nSPS) is 12.0. The van der Waals surface area contributed by atoms with Gasteiger partial charge in [0.1, 0.15) is 0 Å². The molecule has 8 heteroatoms. The van der Waals surface area contributed by atoms with E-state index in [1.54, 1.807) is 22.7 Å². The smallest absolute Gasteiger partial charge is 0.370 e. The molecule has 4 aromatic rings. The highest BCUT2D eigenvalue weighted by atomic mass is 32.1. The predicted molar refractivity (Wildman–Crippen MR) is 135 cm³/mol. The Labute approximate surface area is 194 Å². The molecule has 30 heavy (non-hydrogen) atoms. The van der Waals surface area contributed by atoms with E-state index >= 15 is 0 Å². The Balaban J connectivity index is 1.59. The van der Waals surface area contributed by atoms with Gasteiger partial charge < -0.3 is 13.3 Å². The lowest BCUT2D eigenvalue weighted by Gasteiger charge is -2.27. The molecule has 0 aliphatic heterocycles. The van der Waals surface area contributed by atoms with Crippen LogP contribution in [0.25, 0.3) is 29.3 Å². The van der Waals surface area contributed by atoms with Crippen LogP contribution in [-0.4, -0.2) is 28.6 Å². The summed E-state index contributed by atoms with van der Waals surface area (Å²) in [6.07, 6.45) is 0. The van der Waals surface area contributed by atoms with E-state index in [1.165, 1.54) is 29.3 Å². The predicted octanol–water partition coefficient (Wildman–Crippen LogP) is 7.19. The number of thiophene rings is 4. The highest BCUT2D eigenvalue weighted by molar-refractivity contribution is 7.31. The lowest BCUT2D eigenvalue weighted by Crippen LogP contribution is -2.55. The summed E-state index contributed by atoms with van der Waals surface area (Å²) in [5.74, 6) is 0. The van der Waals surface area contributed by atoms with Gasteiger partial charge in [0.25, 0.3) is 0 Å². The first kappa shape index (κ1) is 22.1. The molecule has 0 saturated heterocycles. The van der Waals surface area contributed by atoms with Crippen LogP contribution >= 0.6 is 45.3 Å². The van der Waals surface area contributed by atoms with Crippen LogP contribution in [0, 0.1) is 0 Å². The summed E-state index contributed by atoms with van der Waals surface area (Å²) in [7, 11) is -2.84. The first-order valence-electron chi connectivity index (χ1n) is 9.95. The third-order valence-electron chi connectivity index (χ3n) is 4.37. The van der Waals surface area contributed by atoms with Gasteiger partial charge in [0, 0.05) is 49.1 Å². The maximum Gasteiger partial charge on any atom is 0.547 e. The van der Waals surface area contributed by atoms with Crippen LogP contribution in [-0.2, 0) is 13.3 Å². The first-order valence-corrected chi connectivity index (χ1v) is 15.0. The van der Waals surface area contributed by atoms with E-state index in [2.05, 4.69) is 53.9 Å². The molecule has 0 aliphatic rings. The first-order chi connectivity index (χ1) is 14.7. The molecule has 0 aromatic carbocycles. The van der Waals surface area contributed by atoms with Crippen molar-refractivity contribution in [3.05, 3.63) is 53.9 Å². The summed E-state index contributed by atoms with van der Waals surface area (Å²) >= 11 is 7.20. The second kappa shape index (κ2) is 10.0. The molecule has 0 radical (unpaired) electrons. The minimum absolute atomic E-state index is 0.577. The number of rotatable bonds is 10. The zero-order chi connectivity index (χ0) is 21.0. The summed E-state index contributed by atoms with van der Waals surface area (Å²) < 4.78 is 19.3. The molecule has 0 spiro atoms. The molecule has 0 atom stereocenters. The monoisotopic (exact) mass is 492 g/mol. The molecule has 4 rings (SSSR count). The maximum absolute atomic E-state index is 6.07. The van der Waals surface area contributed by atoms with Gasteiger partial charge in [0.05, 0.1) is 4.50 Å². The van der Waals surface area contributed by atoms with Gasteiger partial charge in [-0.25, -0.2) is 0 Å². The SMILES string of the molecule is CCO[Si](OCC)(OCC)c1ccc(-c2ccc(-c3ccc(-c4cccs4)s3)s2)s1. The fraction of sp³-hybridized carbons (Fsp3) is 0.273. The molecule has 4 aromatic heterocycles. The van der Waals surface area contributed by atoms with Crippen LogP contribution in [0.2, 0.25) is 0 Å². The fourth-order valence-corrected chi connectivity index (χ4v) is 10.4. The van der Waals surface area contributed by atoms with E-state index in [-0.39, 0.29) is 0 Å². The van der Waals surface area contributed by atoms with Crippen molar-refractivity contribution in [2.75, 3.05) is 19.8 Å². The van der Waals surface area contributed by atoms with E-state index in [0.29, 0.717) is 19.8 Å². The maximum atomic E-state index is 6.07. The van der Waals surface area contributed by atoms with Crippen LogP contribution in [0.5, 0.6) is 0 Å². The molecule has 0 bridgehead atoms. The van der Waals surface area contributed by atoms with Crippen molar-refractivity contribution in [3.63, 3.8) is 0 Å². The van der Waals surface area contributed by atoms with Crippen molar-refractivity contribution < 1.29 is 13.3 Å². The summed E-state index contributed by atoms with van der Waals surface area (Å²) in [6.45, 7) is 7.71. The summed E-state index contributed by atoms with van der Waals surface area (Å²) in [5, 5.41) is 2.13. The van der Waals surface area contributed by atoms with Crippen LogP contribution in [0.1, 0.15) is 20.8 Å². The number of hydrogen-bond donors (Lipinski definition) is 0. The van der Waals surface area contributed by atoms with E-state index < -0.39 is 8.80 Å². The lowest BCUT2D eigenvalue weighted by molar-refractivity contribution is 0.0866. The zero-order valence-electron chi connectivity index (χ0n) is 17.2. The van der Waals surface area contributed by atoms with E-state index in [9.17, 15) is 0 Å². The zero-order valence-corrected chi connectivity index (χ0v) is 21.4. The Kier molecular flexibility index (Phi) is 7.38. The molecule has 0 N–H and O–H groups in total. The van der Waals surface area contributed by atoms with Gasteiger partial charge in [-0.1, -0.05) is 6.07 Å². The average Bonchev–Trinajstić information content (AvgIpc) is 3.55. The van der Waals surface area contributed by atoms with Crippen molar-refractivity contribution in [3.8, 4) is 29.3 Å². The molecule has 158 valence electrons. The summed E-state index contributed by atoms with van der Waals surface area (Å²) in [6, 6.07) is 17.5. The van der Waals surface area contributed by atoms with E-state index in [0.717, 1.165) is 4.50 Å². The Bertz CT molecular complexity index is 1050. The van der Waals surface area contributed by atoms with Gasteiger partial charge in [-0.3, -0.25) is 0 Å². The molecule has 0 fully saturated rings. The largest absolute Gasteiger partial charge is 0.547 e. The van der Waals surface area contributed by atoms with Gasteiger partial charge in [-0.15, -0.1) is 45.3 Å². The average molecular weight is 493 g/mol. The minimum atomic E-state index is -2.84. The minimum Gasteiger partial charge on any atom is -0.370 e. The molecule has 0 aliphatic carbocycles. The molecule has 0 amide bonds. The second-order valence-corrected chi connectivity index (χ2v) is 13.4. The summed E-state index contributed by atoms with van der Waals surface area (Å²) in [5.41, 5.74) is 0. The fourth-order valence-electron chi connectivity index (χ4n) is 3.17. The van der Waals surface area contributed by atoms with Gasteiger partial charge in [-0.2, -0.15) is 0 Å². The Hall–Kier alpha value is -1.10. The van der Waals surface area contributed by atoms with Crippen molar-refractivity contribution >= 4 is 58.7 Å². The van der Waals surface area contributed by atoms with Crippen LogP contribution in [0.15, 0.2) is 53.9 Å². The van der Waals surface area contributed by atoms with Gasteiger partial charge >= 0.3 is 8.80 Å².